The topological polar surface area (TPSA) is 77.2 Å². The zero-order valence-corrected chi connectivity index (χ0v) is 12.5. The summed E-state index contributed by atoms with van der Waals surface area (Å²) in [6.07, 6.45) is 2.97. The van der Waals surface area contributed by atoms with Crippen LogP contribution in [0.3, 0.4) is 0 Å². The van der Waals surface area contributed by atoms with Crippen molar-refractivity contribution in [2.45, 2.75) is 13.5 Å². The fraction of sp³-hybridized carbons (Fsp3) is 0.118. The number of hydrogen-bond donors (Lipinski definition) is 1. The van der Waals surface area contributed by atoms with Gasteiger partial charge in [-0.2, -0.15) is 0 Å². The average molecular weight is 309 g/mol. The second kappa shape index (κ2) is 6.31. The number of fused-ring (bicyclic) bond motifs is 1. The molecule has 0 spiro atoms. The molecule has 23 heavy (non-hydrogen) atoms. The largest absolute Gasteiger partial charge is 0.506 e. The summed E-state index contributed by atoms with van der Waals surface area (Å²) in [5.74, 6) is -0.362. The van der Waals surface area contributed by atoms with Crippen molar-refractivity contribution in [1.29, 1.82) is 0 Å². The van der Waals surface area contributed by atoms with Gasteiger partial charge in [-0.15, -0.1) is 15.0 Å². The fourth-order valence-corrected chi connectivity index (χ4v) is 2.13. The molecule has 0 saturated carbocycles. The number of phenols is 1. The van der Waals surface area contributed by atoms with Crippen LogP contribution in [0.1, 0.15) is 12.5 Å². The monoisotopic (exact) mass is 309 g/mol. The van der Waals surface area contributed by atoms with E-state index >= 15 is 0 Å². The van der Waals surface area contributed by atoms with E-state index in [1.807, 2.05) is 24.3 Å². The van der Waals surface area contributed by atoms with Crippen molar-refractivity contribution >= 4 is 17.0 Å². The number of benzene rings is 2. The number of hydrogen-bond acceptors (Lipinski definition) is 5. The molecule has 1 heterocycles. The van der Waals surface area contributed by atoms with Crippen molar-refractivity contribution in [1.82, 2.24) is 15.0 Å². The number of ether oxygens (including phenoxy) is 1. The third kappa shape index (κ3) is 3.21. The van der Waals surface area contributed by atoms with Crippen LogP contribution >= 0.6 is 0 Å². The van der Waals surface area contributed by atoms with Gasteiger partial charge < -0.3 is 9.84 Å². The minimum atomic E-state index is -0.412. The minimum absolute atomic E-state index is 0.0498. The molecule has 3 aromatic rings. The van der Waals surface area contributed by atoms with E-state index in [9.17, 15) is 9.90 Å². The Morgan fingerprint density at radius 3 is 2.57 bits per heavy atom. The molecule has 0 amide bonds. The summed E-state index contributed by atoms with van der Waals surface area (Å²) in [4.78, 5) is 12.7. The van der Waals surface area contributed by atoms with Gasteiger partial charge in [0.1, 0.15) is 29.1 Å². The fourth-order valence-electron chi connectivity index (χ4n) is 2.13. The molecule has 0 aliphatic heterocycles. The predicted molar refractivity (Wildman–Crippen MR) is 85.1 cm³/mol. The Bertz CT molecular complexity index is 851. The van der Waals surface area contributed by atoms with E-state index < -0.39 is 5.97 Å². The molecular weight excluding hydrogens is 294 g/mol. The van der Waals surface area contributed by atoms with E-state index in [0.29, 0.717) is 5.69 Å². The molecule has 0 saturated heterocycles. The molecule has 0 atom stereocenters. The van der Waals surface area contributed by atoms with Gasteiger partial charge in [-0.05, 0) is 36.8 Å². The number of aromatic hydroxyl groups is 1. The van der Waals surface area contributed by atoms with Gasteiger partial charge >= 0.3 is 5.97 Å². The van der Waals surface area contributed by atoms with Crippen molar-refractivity contribution in [3.8, 4) is 11.4 Å². The molecule has 1 aromatic heterocycles. The van der Waals surface area contributed by atoms with Crippen molar-refractivity contribution in [3.63, 3.8) is 0 Å². The van der Waals surface area contributed by atoms with Crippen LogP contribution in [0.2, 0.25) is 0 Å². The van der Waals surface area contributed by atoms with Crippen LogP contribution in [0.15, 0.2) is 54.6 Å². The number of rotatable bonds is 4. The summed E-state index contributed by atoms with van der Waals surface area (Å²) in [6, 6.07) is 12.3. The van der Waals surface area contributed by atoms with Crippen LogP contribution in [0.4, 0.5) is 0 Å². The molecule has 2 aromatic carbocycles. The summed E-state index contributed by atoms with van der Waals surface area (Å²) in [5, 5.41) is 18.7. The highest BCUT2D eigenvalue weighted by Crippen LogP contribution is 2.23. The maximum absolute atomic E-state index is 11.4. The number of esters is 1. The highest BCUT2D eigenvalue weighted by atomic mass is 16.5. The number of nitrogens with zero attached hydrogens (tertiary/aromatic N) is 3. The third-order valence-electron chi connectivity index (χ3n) is 3.23. The number of carbonyl (C=O) groups is 1. The normalized spacial score (nSPS) is 11.2. The van der Waals surface area contributed by atoms with Gasteiger partial charge in [-0.25, -0.2) is 4.79 Å². The van der Waals surface area contributed by atoms with E-state index in [0.717, 1.165) is 16.6 Å². The summed E-state index contributed by atoms with van der Waals surface area (Å²) in [7, 11) is 0. The first-order valence-electron chi connectivity index (χ1n) is 7.11. The maximum atomic E-state index is 11.4. The molecule has 0 unspecified atom stereocenters. The average Bonchev–Trinajstić information content (AvgIpc) is 2.98. The lowest BCUT2D eigenvalue weighted by Crippen LogP contribution is -2.03. The van der Waals surface area contributed by atoms with Crippen molar-refractivity contribution in [2.24, 2.45) is 0 Å². The molecule has 0 aliphatic rings. The van der Waals surface area contributed by atoms with Crippen LogP contribution < -0.4 is 0 Å². The van der Waals surface area contributed by atoms with Gasteiger partial charge in [0, 0.05) is 6.08 Å². The number of phenolic OH excluding ortho intramolecular Hbond substituents is 1. The van der Waals surface area contributed by atoms with Crippen molar-refractivity contribution in [2.75, 3.05) is 0 Å². The smallest absolute Gasteiger partial charge is 0.330 e. The van der Waals surface area contributed by atoms with Crippen LogP contribution in [0.25, 0.3) is 16.7 Å². The number of aromatic nitrogens is 3. The Morgan fingerprint density at radius 1 is 1.22 bits per heavy atom. The second-order valence-corrected chi connectivity index (χ2v) is 4.91. The Kier molecular flexibility index (Phi) is 4.05. The van der Waals surface area contributed by atoms with Crippen LogP contribution in [-0.2, 0) is 16.1 Å². The highest BCUT2D eigenvalue weighted by Gasteiger charge is 2.10. The van der Waals surface area contributed by atoms with Crippen LogP contribution in [0.5, 0.6) is 5.75 Å². The lowest BCUT2D eigenvalue weighted by atomic mass is 10.2. The van der Waals surface area contributed by atoms with E-state index in [1.165, 1.54) is 16.9 Å². The highest BCUT2D eigenvalue weighted by molar-refractivity contribution is 5.81. The number of carbonyl (C=O) groups excluding carboxylic acids is 1. The maximum Gasteiger partial charge on any atom is 0.330 e. The van der Waals surface area contributed by atoms with Crippen molar-refractivity contribution < 1.29 is 14.6 Å². The first-order valence-corrected chi connectivity index (χ1v) is 7.11. The van der Waals surface area contributed by atoms with Crippen LogP contribution in [0, 0.1) is 0 Å². The predicted octanol–water partition coefficient (Wildman–Crippen LogP) is 2.75. The molecule has 0 fully saturated rings. The van der Waals surface area contributed by atoms with Gasteiger partial charge in [-0.3, -0.25) is 0 Å². The lowest BCUT2D eigenvalue weighted by Gasteiger charge is -2.07. The Morgan fingerprint density at radius 2 is 1.91 bits per heavy atom. The summed E-state index contributed by atoms with van der Waals surface area (Å²) >= 11 is 0. The molecule has 0 bridgehead atoms. The lowest BCUT2D eigenvalue weighted by molar-refractivity contribution is -0.139. The van der Waals surface area contributed by atoms with Gasteiger partial charge in [-0.1, -0.05) is 24.3 Å². The zero-order valence-electron chi connectivity index (χ0n) is 12.5. The molecule has 0 aliphatic carbocycles. The molecule has 0 radical (unpaired) electrons. The molecule has 6 nitrogen and oxygen atoms in total. The van der Waals surface area contributed by atoms with E-state index in [4.69, 9.17) is 4.74 Å². The molecule has 1 N–H and O–H groups in total. The van der Waals surface area contributed by atoms with Gasteiger partial charge in [0.05, 0.1) is 0 Å². The standard InChI is InChI=1S/C17H15N3O3/c1-2-5-17(22)23-11-12-8-9-16(21)15(10-12)20-18-13-6-3-4-7-14(13)19-20/h2-10,21H,11H2,1H3. The van der Waals surface area contributed by atoms with Gasteiger partial charge in [0.25, 0.3) is 0 Å². The molecular formula is C17H15N3O3. The van der Waals surface area contributed by atoms with Gasteiger partial charge in [0.2, 0.25) is 0 Å². The Labute approximate surface area is 132 Å². The Balaban J connectivity index is 1.89. The summed E-state index contributed by atoms with van der Waals surface area (Å²) in [6.45, 7) is 1.85. The first-order chi connectivity index (χ1) is 11.2. The Hall–Kier alpha value is -3.15. The van der Waals surface area contributed by atoms with Crippen LogP contribution in [-0.4, -0.2) is 26.1 Å². The quantitative estimate of drug-likeness (QED) is 0.592. The van der Waals surface area contributed by atoms with E-state index in [2.05, 4.69) is 10.2 Å². The number of allylic oxidation sites excluding steroid dienone is 1. The first kappa shape index (κ1) is 14.8. The minimum Gasteiger partial charge on any atom is -0.506 e. The van der Waals surface area contributed by atoms with E-state index in [-0.39, 0.29) is 12.4 Å². The molecule has 6 heteroatoms. The summed E-state index contributed by atoms with van der Waals surface area (Å²) in [5.41, 5.74) is 2.63. The SMILES string of the molecule is CC=CC(=O)OCc1ccc(O)c(-n2nc3ccccc3n2)c1. The third-order valence-corrected chi connectivity index (χ3v) is 3.23. The summed E-state index contributed by atoms with van der Waals surface area (Å²) < 4.78 is 5.10. The van der Waals surface area contributed by atoms with Crippen molar-refractivity contribution in [3.05, 3.63) is 60.2 Å². The zero-order chi connectivity index (χ0) is 16.2. The second-order valence-electron chi connectivity index (χ2n) is 4.91. The van der Waals surface area contributed by atoms with Gasteiger partial charge in [0.15, 0.2) is 0 Å². The molecule has 3 rings (SSSR count). The molecule has 116 valence electrons. The van der Waals surface area contributed by atoms with E-state index in [1.54, 1.807) is 25.1 Å².